The number of benzene rings is 1. The van der Waals surface area contributed by atoms with Gasteiger partial charge < -0.3 is 10.7 Å². The van der Waals surface area contributed by atoms with Gasteiger partial charge in [-0.05, 0) is 19.1 Å². The number of aryl methyl sites for hydroxylation is 1. The Kier molecular flexibility index (Phi) is 3.04. The zero-order valence-corrected chi connectivity index (χ0v) is 11.8. The third-order valence-corrected chi connectivity index (χ3v) is 4.62. The molecule has 0 aliphatic heterocycles. The van der Waals surface area contributed by atoms with Crippen LogP contribution in [-0.2, 0) is 0 Å². The molecule has 0 bridgehead atoms. The summed E-state index contributed by atoms with van der Waals surface area (Å²) in [6, 6.07) is 9.87. The molecule has 19 heavy (non-hydrogen) atoms. The molecule has 0 fully saturated rings. The fraction of sp³-hybridized carbons (Fsp3) is 0.0769. The molecule has 0 saturated carbocycles. The number of carbonyl (C=O) groups excluding carboxylic acids is 1. The number of thiazole rings is 1. The zero-order chi connectivity index (χ0) is 13.4. The molecule has 0 spiro atoms. The Morgan fingerprint density at radius 2 is 2.11 bits per heavy atom. The smallest absolute Gasteiger partial charge is 0.266 e. The first-order chi connectivity index (χ1) is 9.15. The normalized spacial score (nSPS) is 11.0. The van der Waals surface area contributed by atoms with Gasteiger partial charge in [0.25, 0.3) is 5.91 Å². The van der Waals surface area contributed by atoms with Crippen molar-refractivity contribution in [2.75, 3.05) is 0 Å². The second kappa shape index (κ2) is 4.71. The van der Waals surface area contributed by atoms with E-state index in [4.69, 9.17) is 5.73 Å². The molecule has 0 aliphatic carbocycles. The first-order valence-corrected chi connectivity index (χ1v) is 7.30. The SMILES string of the molecule is Cc1nc2c(Sc3ccccc3)c(C(N)=O)[nH]c2s1. The Hall–Kier alpha value is -1.79. The van der Waals surface area contributed by atoms with Gasteiger partial charge in [-0.1, -0.05) is 30.0 Å². The van der Waals surface area contributed by atoms with Crippen LogP contribution in [-0.4, -0.2) is 15.9 Å². The lowest BCUT2D eigenvalue weighted by Crippen LogP contribution is -2.12. The Balaban J connectivity index is 2.14. The number of nitrogens with zero attached hydrogens (tertiary/aromatic N) is 1. The summed E-state index contributed by atoms with van der Waals surface area (Å²) >= 11 is 3.03. The molecule has 0 aliphatic rings. The van der Waals surface area contributed by atoms with Crippen LogP contribution in [0.2, 0.25) is 0 Å². The van der Waals surface area contributed by atoms with Gasteiger partial charge in [-0.3, -0.25) is 4.79 Å². The van der Waals surface area contributed by atoms with Gasteiger partial charge in [0.15, 0.2) is 0 Å². The predicted octanol–water partition coefficient (Wildman–Crippen LogP) is 3.18. The number of primary amides is 1. The van der Waals surface area contributed by atoms with E-state index in [1.54, 1.807) is 0 Å². The molecule has 2 heterocycles. The minimum Gasteiger partial charge on any atom is -0.364 e. The maximum absolute atomic E-state index is 11.5. The molecule has 0 atom stereocenters. The third-order valence-electron chi connectivity index (χ3n) is 2.62. The number of nitrogens with two attached hydrogens (primary N) is 1. The topological polar surface area (TPSA) is 71.8 Å². The van der Waals surface area contributed by atoms with Crippen molar-refractivity contribution in [3.8, 4) is 0 Å². The third kappa shape index (κ3) is 2.24. The van der Waals surface area contributed by atoms with Gasteiger partial charge in [0.05, 0.1) is 9.90 Å². The van der Waals surface area contributed by atoms with Crippen molar-refractivity contribution in [2.45, 2.75) is 16.7 Å². The van der Waals surface area contributed by atoms with E-state index in [1.165, 1.54) is 23.1 Å². The van der Waals surface area contributed by atoms with Gasteiger partial charge in [0.1, 0.15) is 16.0 Å². The lowest BCUT2D eigenvalue weighted by molar-refractivity contribution is 0.0993. The average Bonchev–Trinajstić information content (AvgIpc) is 2.89. The van der Waals surface area contributed by atoms with E-state index in [9.17, 15) is 4.79 Å². The van der Waals surface area contributed by atoms with E-state index in [0.717, 1.165) is 25.1 Å². The van der Waals surface area contributed by atoms with Crippen LogP contribution in [0.4, 0.5) is 0 Å². The van der Waals surface area contributed by atoms with Crippen molar-refractivity contribution in [3.63, 3.8) is 0 Å². The van der Waals surface area contributed by atoms with E-state index < -0.39 is 5.91 Å². The Labute approximate surface area is 118 Å². The van der Waals surface area contributed by atoms with E-state index in [0.29, 0.717) is 5.69 Å². The molecule has 96 valence electrons. The van der Waals surface area contributed by atoms with E-state index in [2.05, 4.69) is 9.97 Å². The first-order valence-electron chi connectivity index (χ1n) is 5.67. The van der Waals surface area contributed by atoms with Crippen molar-refractivity contribution >= 4 is 39.4 Å². The van der Waals surface area contributed by atoms with Crippen LogP contribution >= 0.6 is 23.1 Å². The molecule has 3 N–H and O–H groups in total. The molecule has 2 aromatic heterocycles. The fourth-order valence-electron chi connectivity index (χ4n) is 1.83. The van der Waals surface area contributed by atoms with Crippen LogP contribution in [0.5, 0.6) is 0 Å². The van der Waals surface area contributed by atoms with Gasteiger partial charge in [-0.25, -0.2) is 4.98 Å². The number of hydrogen-bond donors (Lipinski definition) is 2. The molecule has 3 rings (SSSR count). The number of H-pyrrole nitrogens is 1. The van der Waals surface area contributed by atoms with Crippen molar-refractivity contribution < 1.29 is 4.79 Å². The van der Waals surface area contributed by atoms with Crippen LogP contribution in [0, 0.1) is 6.92 Å². The molecule has 3 aromatic rings. The largest absolute Gasteiger partial charge is 0.364 e. The molecule has 0 radical (unpaired) electrons. The van der Waals surface area contributed by atoms with Gasteiger partial charge in [-0.2, -0.15) is 0 Å². The maximum atomic E-state index is 11.5. The number of fused-ring (bicyclic) bond motifs is 1. The highest BCUT2D eigenvalue weighted by Gasteiger charge is 2.19. The summed E-state index contributed by atoms with van der Waals surface area (Å²) in [4.78, 5) is 21.8. The maximum Gasteiger partial charge on any atom is 0.266 e. The van der Waals surface area contributed by atoms with Gasteiger partial charge in [0.2, 0.25) is 0 Å². The minimum absolute atomic E-state index is 0.433. The van der Waals surface area contributed by atoms with E-state index in [-0.39, 0.29) is 0 Å². The predicted molar refractivity (Wildman–Crippen MR) is 77.8 cm³/mol. The number of hydrogen-bond acceptors (Lipinski definition) is 4. The number of aromatic nitrogens is 2. The highest BCUT2D eigenvalue weighted by Crippen LogP contribution is 2.37. The van der Waals surface area contributed by atoms with E-state index in [1.807, 2.05) is 37.3 Å². The summed E-state index contributed by atoms with van der Waals surface area (Å²) in [5.41, 5.74) is 6.68. The summed E-state index contributed by atoms with van der Waals surface area (Å²) in [7, 11) is 0. The number of amides is 1. The van der Waals surface area contributed by atoms with Gasteiger partial charge in [0, 0.05) is 4.90 Å². The molecule has 0 unspecified atom stereocenters. The molecule has 0 saturated heterocycles. The number of rotatable bonds is 3. The monoisotopic (exact) mass is 289 g/mol. The van der Waals surface area contributed by atoms with Crippen LogP contribution in [0.15, 0.2) is 40.1 Å². The Morgan fingerprint density at radius 3 is 2.79 bits per heavy atom. The van der Waals surface area contributed by atoms with Crippen LogP contribution in [0.3, 0.4) is 0 Å². The summed E-state index contributed by atoms with van der Waals surface area (Å²) in [5, 5.41) is 0.965. The molecule has 4 nitrogen and oxygen atoms in total. The van der Waals surface area contributed by atoms with Crippen LogP contribution in [0.1, 0.15) is 15.5 Å². The molecule has 1 amide bonds. The van der Waals surface area contributed by atoms with Crippen LogP contribution < -0.4 is 5.73 Å². The first kappa shape index (κ1) is 12.3. The number of aromatic amines is 1. The fourth-order valence-corrected chi connectivity index (χ4v) is 3.76. The highest BCUT2D eigenvalue weighted by atomic mass is 32.2. The summed E-state index contributed by atoms with van der Waals surface area (Å²) in [6.07, 6.45) is 0. The quantitative estimate of drug-likeness (QED) is 0.778. The Bertz CT molecular complexity index is 746. The zero-order valence-electron chi connectivity index (χ0n) is 10.1. The van der Waals surface area contributed by atoms with E-state index >= 15 is 0 Å². The number of nitrogens with one attached hydrogen (secondary N) is 1. The molecular weight excluding hydrogens is 278 g/mol. The molecule has 1 aromatic carbocycles. The average molecular weight is 289 g/mol. The molecular formula is C13H11N3OS2. The molecule has 6 heteroatoms. The summed E-state index contributed by atoms with van der Waals surface area (Å²) < 4.78 is 0. The second-order valence-corrected chi connectivity index (χ2v) is 6.31. The van der Waals surface area contributed by atoms with Crippen LogP contribution in [0.25, 0.3) is 10.3 Å². The highest BCUT2D eigenvalue weighted by molar-refractivity contribution is 7.99. The van der Waals surface area contributed by atoms with Gasteiger partial charge >= 0.3 is 0 Å². The minimum atomic E-state index is -0.457. The second-order valence-electron chi connectivity index (χ2n) is 4.02. The van der Waals surface area contributed by atoms with Crippen molar-refractivity contribution in [1.82, 2.24) is 9.97 Å². The van der Waals surface area contributed by atoms with Crippen molar-refractivity contribution in [3.05, 3.63) is 41.0 Å². The summed E-state index contributed by atoms with van der Waals surface area (Å²) in [5.74, 6) is -0.457. The Morgan fingerprint density at radius 1 is 1.37 bits per heavy atom. The van der Waals surface area contributed by atoms with Crippen molar-refractivity contribution in [2.24, 2.45) is 5.73 Å². The lowest BCUT2D eigenvalue weighted by Gasteiger charge is -2.01. The summed E-state index contributed by atoms with van der Waals surface area (Å²) in [6.45, 7) is 1.94. The van der Waals surface area contributed by atoms with Gasteiger partial charge in [-0.15, -0.1) is 11.3 Å². The number of carbonyl (C=O) groups is 1. The lowest BCUT2D eigenvalue weighted by atomic mass is 10.4. The standard InChI is InChI=1S/C13H11N3OS2/c1-7-15-10-11(19-8-5-3-2-4-6-8)9(12(14)17)16-13(10)18-7/h2-6,16H,1H3,(H2,14,17). The van der Waals surface area contributed by atoms with Crippen molar-refractivity contribution in [1.29, 1.82) is 0 Å².